The van der Waals surface area contributed by atoms with Crippen LogP contribution in [0.15, 0.2) is 40.6 Å². The minimum atomic E-state index is -4.27. The molecule has 4 nitrogen and oxygen atoms in total. The Morgan fingerprint density at radius 1 is 1.24 bits per heavy atom. The predicted octanol–water partition coefficient (Wildman–Crippen LogP) is -0.640. The van der Waals surface area contributed by atoms with Crippen LogP contribution in [-0.4, -0.2) is 13.0 Å². The van der Waals surface area contributed by atoms with Gasteiger partial charge < -0.3 is 7.16 Å². The fraction of sp³-hybridized carbons (Fsp3) is 0. The summed E-state index contributed by atoms with van der Waals surface area (Å²) in [5.41, 5.74) is 6.42. The van der Waals surface area contributed by atoms with Crippen molar-refractivity contribution in [3.8, 4) is 10.4 Å². The number of nitrogen functional groups attached to an aromatic ring is 1. The van der Waals surface area contributed by atoms with Gasteiger partial charge in [0.15, 0.2) is 0 Å². The van der Waals surface area contributed by atoms with Gasteiger partial charge in [-0.3, -0.25) is 4.55 Å². The summed E-state index contributed by atoms with van der Waals surface area (Å²) in [4.78, 5) is 0.612. The largest absolute Gasteiger partial charge is 1.00 e. The molecule has 17 heavy (non-hydrogen) atoms. The fourth-order valence-electron chi connectivity index (χ4n) is 1.42. The zero-order valence-electron chi connectivity index (χ0n) is 10.1. The SMILES string of the molecule is Nc1c(-c2cccs2)cccc1S(=O)(=O)O.[H-].[Na+]. The van der Waals surface area contributed by atoms with E-state index in [1.807, 2.05) is 17.5 Å². The predicted molar refractivity (Wildman–Crippen MR) is 65.1 cm³/mol. The number of hydrogen-bond acceptors (Lipinski definition) is 4. The van der Waals surface area contributed by atoms with Crippen LogP contribution >= 0.6 is 11.3 Å². The molecule has 0 aliphatic heterocycles. The molecular weight excluding hydrogens is 269 g/mol. The van der Waals surface area contributed by atoms with Crippen molar-refractivity contribution in [3.63, 3.8) is 0 Å². The maximum atomic E-state index is 11.1. The molecule has 0 bridgehead atoms. The summed E-state index contributed by atoms with van der Waals surface area (Å²) in [6.45, 7) is 0. The maximum Gasteiger partial charge on any atom is 1.00 e. The fourth-order valence-corrected chi connectivity index (χ4v) is 2.82. The Hall–Kier alpha value is -0.370. The van der Waals surface area contributed by atoms with Gasteiger partial charge in [-0.05, 0) is 17.5 Å². The molecule has 0 spiro atoms. The zero-order valence-corrected chi connectivity index (χ0v) is 12.8. The van der Waals surface area contributed by atoms with E-state index in [2.05, 4.69) is 0 Å². The maximum absolute atomic E-state index is 11.1. The summed E-state index contributed by atoms with van der Waals surface area (Å²) in [5.74, 6) is 0. The first kappa shape index (κ1) is 14.7. The van der Waals surface area contributed by atoms with Crippen LogP contribution in [0.25, 0.3) is 10.4 Å². The van der Waals surface area contributed by atoms with Gasteiger partial charge in [0.1, 0.15) is 4.90 Å². The van der Waals surface area contributed by atoms with E-state index in [1.165, 1.54) is 17.4 Å². The molecule has 0 fully saturated rings. The Balaban J connectivity index is 0.00000144. The number of nitrogens with two attached hydrogens (primary N) is 1. The number of para-hydroxylation sites is 1. The second-order valence-electron chi connectivity index (χ2n) is 3.17. The summed E-state index contributed by atoms with van der Waals surface area (Å²) in [7, 11) is -4.27. The summed E-state index contributed by atoms with van der Waals surface area (Å²) in [6, 6.07) is 8.23. The van der Waals surface area contributed by atoms with E-state index in [1.54, 1.807) is 12.1 Å². The van der Waals surface area contributed by atoms with Crippen molar-refractivity contribution < 1.29 is 44.0 Å². The quantitative estimate of drug-likeness (QED) is 0.435. The van der Waals surface area contributed by atoms with Crippen LogP contribution in [0, 0.1) is 0 Å². The number of rotatable bonds is 2. The van der Waals surface area contributed by atoms with Crippen molar-refractivity contribution in [1.82, 2.24) is 0 Å². The topological polar surface area (TPSA) is 80.4 Å². The molecule has 1 aromatic heterocycles. The third kappa shape index (κ3) is 3.09. The average molecular weight is 279 g/mol. The molecule has 7 heteroatoms. The molecule has 0 aliphatic rings. The van der Waals surface area contributed by atoms with Crippen molar-refractivity contribution in [3.05, 3.63) is 35.7 Å². The van der Waals surface area contributed by atoms with Gasteiger partial charge in [-0.15, -0.1) is 11.3 Å². The monoisotopic (exact) mass is 279 g/mol. The van der Waals surface area contributed by atoms with Gasteiger partial charge in [-0.1, -0.05) is 18.2 Å². The Labute approximate surface area is 127 Å². The molecule has 2 rings (SSSR count). The minimum absolute atomic E-state index is 0. The summed E-state index contributed by atoms with van der Waals surface area (Å²) in [5, 5.41) is 1.87. The molecule has 0 saturated heterocycles. The van der Waals surface area contributed by atoms with Gasteiger partial charge in [0.05, 0.1) is 5.69 Å². The van der Waals surface area contributed by atoms with Crippen molar-refractivity contribution in [2.24, 2.45) is 0 Å². The van der Waals surface area contributed by atoms with E-state index in [4.69, 9.17) is 10.3 Å². The Kier molecular flexibility index (Phi) is 4.77. The molecule has 86 valence electrons. The van der Waals surface area contributed by atoms with Gasteiger partial charge in [0, 0.05) is 10.4 Å². The van der Waals surface area contributed by atoms with E-state index in [-0.39, 0.29) is 41.6 Å². The van der Waals surface area contributed by atoms with Gasteiger partial charge in [-0.2, -0.15) is 8.42 Å². The number of benzene rings is 1. The smallest absolute Gasteiger partial charge is 1.00 e. The van der Waals surface area contributed by atoms with Crippen molar-refractivity contribution in [1.29, 1.82) is 0 Å². The third-order valence-electron chi connectivity index (χ3n) is 2.13. The average Bonchev–Trinajstić information content (AvgIpc) is 2.69. The van der Waals surface area contributed by atoms with Gasteiger partial charge >= 0.3 is 29.6 Å². The zero-order chi connectivity index (χ0) is 11.8. The second-order valence-corrected chi connectivity index (χ2v) is 5.51. The molecule has 0 saturated carbocycles. The van der Waals surface area contributed by atoms with E-state index < -0.39 is 10.1 Å². The number of hydrogen-bond donors (Lipinski definition) is 2. The van der Waals surface area contributed by atoms with Crippen molar-refractivity contribution in [2.75, 3.05) is 5.73 Å². The van der Waals surface area contributed by atoms with Crippen LogP contribution in [0.1, 0.15) is 1.43 Å². The third-order valence-corrected chi connectivity index (χ3v) is 3.95. The van der Waals surface area contributed by atoms with E-state index in [0.717, 1.165) is 4.88 Å². The molecule has 0 radical (unpaired) electrons. The minimum Gasteiger partial charge on any atom is -1.00 e. The van der Waals surface area contributed by atoms with Crippen LogP contribution < -0.4 is 35.3 Å². The van der Waals surface area contributed by atoms with Crippen LogP contribution in [0.2, 0.25) is 0 Å². The Bertz CT molecular complexity index is 614. The summed E-state index contributed by atoms with van der Waals surface area (Å²) >= 11 is 1.45. The van der Waals surface area contributed by atoms with Gasteiger partial charge in [-0.25, -0.2) is 0 Å². The Morgan fingerprint density at radius 2 is 1.94 bits per heavy atom. The summed E-state index contributed by atoms with van der Waals surface area (Å²) < 4.78 is 31.1. The first-order valence-corrected chi connectivity index (χ1v) is 6.72. The van der Waals surface area contributed by atoms with Gasteiger partial charge in [0.25, 0.3) is 10.1 Å². The molecule has 0 aliphatic carbocycles. The van der Waals surface area contributed by atoms with Crippen LogP contribution in [0.4, 0.5) is 5.69 Å². The first-order chi connectivity index (χ1) is 7.50. The summed E-state index contributed by atoms with van der Waals surface area (Å²) in [6.07, 6.45) is 0. The second kappa shape index (κ2) is 5.51. The molecule has 0 atom stereocenters. The standard InChI is InChI=1S/C10H9NO3S2.Na.H/c11-10-7(8-4-2-6-15-8)3-1-5-9(10)16(12,13)14;;/h1-6H,11H2,(H,12,13,14);;/q;+1;-1. The molecule has 0 unspecified atom stereocenters. The molecule has 3 N–H and O–H groups in total. The first-order valence-electron chi connectivity index (χ1n) is 4.40. The van der Waals surface area contributed by atoms with Crippen LogP contribution in [-0.2, 0) is 10.1 Å². The van der Waals surface area contributed by atoms with E-state index in [9.17, 15) is 8.42 Å². The molecule has 2 aromatic rings. The van der Waals surface area contributed by atoms with E-state index in [0.29, 0.717) is 5.56 Å². The molecular formula is C10H10NNaO3S2. The van der Waals surface area contributed by atoms with E-state index >= 15 is 0 Å². The number of thiophene rings is 1. The van der Waals surface area contributed by atoms with Crippen molar-refractivity contribution in [2.45, 2.75) is 4.90 Å². The molecule has 0 amide bonds. The number of anilines is 1. The van der Waals surface area contributed by atoms with Crippen molar-refractivity contribution >= 4 is 27.1 Å². The molecule has 1 heterocycles. The molecule has 1 aromatic carbocycles. The van der Waals surface area contributed by atoms with Gasteiger partial charge in [0.2, 0.25) is 0 Å². The Morgan fingerprint density at radius 3 is 2.47 bits per heavy atom. The van der Waals surface area contributed by atoms with Crippen LogP contribution in [0.3, 0.4) is 0 Å². The van der Waals surface area contributed by atoms with Crippen LogP contribution in [0.5, 0.6) is 0 Å². The normalized spacial score (nSPS) is 10.9.